The van der Waals surface area contributed by atoms with Crippen molar-refractivity contribution < 1.29 is 13.9 Å². The smallest absolute Gasteiger partial charge is 0.222 e. The zero-order valence-corrected chi connectivity index (χ0v) is 9.91. The molecule has 0 aliphatic carbocycles. The Morgan fingerprint density at radius 2 is 2.29 bits per heavy atom. The number of hydrogen-bond acceptors (Lipinski definition) is 2. The maximum atomic E-state index is 13.4. The predicted molar refractivity (Wildman–Crippen MR) is 62.5 cm³/mol. The maximum absolute atomic E-state index is 13.4. The summed E-state index contributed by atoms with van der Waals surface area (Å²) in [4.78, 5) is 13.2. The monoisotopic (exact) mass is 237 g/mol. The van der Waals surface area contributed by atoms with E-state index < -0.39 is 0 Å². The molecule has 92 valence electrons. The van der Waals surface area contributed by atoms with Crippen LogP contribution < -0.4 is 4.74 Å². The number of ether oxygens (including phenoxy) is 1. The summed E-state index contributed by atoms with van der Waals surface area (Å²) in [6, 6.07) is 4.93. The Kier molecular flexibility index (Phi) is 3.61. The number of carbonyl (C=O) groups excluding carboxylic acids is 1. The predicted octanol–water partition coefficient (Wildman–Crippen LogP) is 2.00. The van der Waals surface area contributed by atoms with Crippen molar-refractivity contribution in [3.8, 4) is 5.75 Å². The first-order valence-electron chi connectivity index (χ1n) is 5.81. The number of likely N-dealkylation sites (tertiary alicyclic amines) is 1. The van der Waals surface area contributed by atoms with Crippen molar-refractivity contribution >= 4 is 5.91 Å². The SMILES string of the molecule is COc1ccc(CCN2CCCC2=O)cc1F. The standard InChI is InChI=1S/C13H16FNO2/c1-17-12-5-4-10(9-11(12)14)6-8-15-7-2-3-13(15)16/h4-5,9H,2-3,6-8H2,1H3. The molecule has 0 saturated carbocycles. The molecule has 0 spiro atoms. The second-order valence-electron chi connectivity index (χ2n) is 4.20. The van der Waals surface area contributed by atoms with Gasteiger partial charge < -0.3 is 9.64 Å². The third-order valence-corrected chi connectivity index (χ3v) is 3.06. The van der Waals surface area contributed by atoms with Crippen molar-refractivity contribution in [2.24, 2.45) is 0 Å². The molecule has 1 aromatic carbocycles. The average molecular weight is 237 g/mol. The normalized spacial score (nSPS) is 15.4. The fourth-order valence-corrected chi connectivity index (χ4v) is 2.07. The van der Waals surface area contributed by atoms with Gasteiger partial charge in [-0.25, -0.2) is 4.39 Å². The molecule has 0 aromatic heterocycles. The molecule has 3 nitrogen and oxygen atoms in total. The Balaban J connectivity index is 1.95. The number of nitrogens with zero attached hydrogens (tertiary/aromatic N) is 1. The fraction of sp³-hybridized carbons (Fsp3) is 0.462. The molecular weight excluding hydrogens is 221 g/mol. The van der Waals surface area contributed by atoms with Gasteiger partial charge in [0.2, 0.25) is 5.91 Å². The first-order chi connectivity index (χ1) is 8.20. The van der Waals surface area contributed by atoms with Crippen molar-refractivity contribution in [2.75, 3.05) is 20.2 Å². The number of halogens is 1. The van der Waals surface area contributed by atoms with E-state index in [-0.39, 0.29) is 17.5 Å². The highest BCUT2D eigenvalue weighted by Gasteiger charge is 2.19. The lowest BCUT2D eigenvalue weighted by Crippen LogP contribution is -2.26. The summed E-state index contributed by atoms with van der Waals surface area (Å²) >= 11 is 0. The summed E-state index contributed by atoms with van der Waals surface area (Å²) in [7, 11) is 1.45. The highest BCUT2D eigenvalue weighted by molar-refractivity contribution is 5.78. The Bertz CT molecular complexity index is 420. The van der Waals surface area contributed by atoms with Gasteiger partial charge in [0.1, 0.15) is 0 Å². The molecule has 0 bridgehead atoms. The van der Waals surface area contributed by atoms with Crippen LogP contribution >= 0.6 is 0 Å². The highest BCUT2D eigenvalue weighted by Crippen LogP contribution is 2.18. The third-order valence-electron chi connectivity index (χ3n) is 3.06. The molecule has 0 N–H and O–H groups in total. The molecule has 4 heteroatoms. The first kappa shape index (κ1) is 11.9. The summed E-state index contributed by atoms with van der Waals surface area (Å²) in [5.74, 6) is 0.114. The molecule has 1 aromatic rings. The van der Waals surface area contributed by atoms with Crippen LogP contribution in [0.25, 0.3) is 0 Å². The van der Waals surface area contributed by atoms with E-state index in [2.05, 4.69) is 0 Å². The minimum atomic E-state index is -0.349. The first-order valence-corrected chi connectivity index (χ1v) is 5.81. The maximum Gasteiger partial charge on any atom is 0.222 e. The van der Waals surface area contributed by atoms with Gasteiger partial charge in [0.05, 0.1) is 7.11 Å². The molecule has 17 heavy (non-hydrogen) atoms. The topological polar surface area (TPSA) is 29.5 Å². The van der Waals surface area contributed by atoms with Gasteiger partial charge in [0.25, 0.3) is 0 Å². The molecule has 0 unspecified atom stereocenters. The minimum Gasteiger partial charge on any atom is -0.494 e. The molecule has 1 aliphatic rings. The lowest BCUT2D eigenvalue weighted by molar-refractivity contribution is -0.127. The van der Waals surface area contributed by atoms with Crippen molar-refractivity contribution in [2.45, 2.75) is 19.3 Å². The van der Waals surface area contributed by atoms with Gasteiger partial charge >= 0.3 is 0 Å². The van der Waals surface area contributed by atoms with Crippen LogP contribution in [0, 0.1) is 5.82 Å². The molecular formula is C13H16FNO2. The van der Waals surface area contributed by atoms with E-state index in [0.717, 1.165) is 18.5 Å². The third kappa shape index (κ3) is 2.75. The van der Waals surface area contributed by atoms with Crippen LogP contribution in [-0.2, 0) is 11.2 Å². The van der Waals surface area contributed by atoms with Crippen LogP contribution in [-0.4, -0.2) is 31.0 Å². The highest BCUT2D eigenvalue weighted by atomic mass is 19.1. The lowest BCUT2D eigenvalue weighted by atomic mass is 10.1. The number of hydrogen-bond donors (Lipinski definition) is 0. The zero-order chi connectivity index (χ0) is 12.3. The summed E-state index contributed by atoms with van der Waals surface area (Å²) < 4.78 is 18.3. The number of methoxy groups -OCH3 is 1. The number of benzene rings is 1. The zero-order valence-electron chi connectivity index (χ0n) is 9.91. The van der Waals surface area contributed by atoms with E-state index in [1.54, 1.807) is 6.07 Å². The van der Waals surface area contributed by atoms with Gasteiger partial charge in [-0.3, -0.25) is 4.79 Å². The summed E-state index contributed by atoms with van der Waals surface area (Å²) in [5.41, 5.74) is 0.892. The average Bonchev–Trinajstić information content (AvgIpc) is 2.72. The van der Waals surface area contributed by atoms with Crippen molar-refractivity contribution in [3.05, 3.63) is 29.6 Å². The molecule has 1 saturated heterocycles. The van der Waals surface area contributed by atoms with Crippen LogP contribution in [0.2, 0.25) is 0 Å². The van der Waals surface area contributed by atoms with Crippen molar-refractivity contribution in [1.29, 1.82) is 0 Å². The van der Waals surface area contributed by atoms with Crippen molar-refractivity contribution in [1.82, 2.24) is 4.90 Å². The van der Waals surface area contributed by atoms with Gasteiger partial charge in [-0.2, -0.15) is 0 Å². The Labute approximate surface area is 100 Å². The molecule has 2 rings (SSSR count). The van der Waals surface area contributed by atoms with Crippen LogP contribution in [0.5, 0.6) is 5.75 Å². The van der Waals surface area contributed by atoms with Gasteiger partial charge in [0, 0.05) is 19.5 Å². The Hall–Kier alpha value is -1.58. The van der Waals surface area contributed by atoms with E-state index in [1.807, 2.05) is 11.0 Å². The lowest BCUT2D eigenvalue weighted by Gasteiger charge is -2.15. The van der Waals surface area contributed by atoms with Gasteiger partial charge in [-0.05, 0) is 30.5 Å². The molecule has 1 amide bonds. The van der Waals surface area contributed by atoms with Crippen LogP contribution in [0.4, 0.5) is 4.39 Å². The van der Waals surface area contributed by atoms with E-state index in [9.17, 15) is 9.18 Å². The number of rotatable bonds is 4. The summed E-state index contributed by atoms with van der Waals surface area (Å²) in [6.45, 7) is 1.50. The second-order valence-corrected chi connectivity index (χ2v) is 4.20. The molecule has 1 aliphatic heterocycles. The van der Waals surface area contributed by atoms with E-state index >= 15 is 0 Å². The van der Waals surface area contributed by atoms with Gasteiger partial charge in [-0.15, -0.1) is 0 Å². The van der Waals surface area contributed by atoms with E-state index in [0.29, 0.717) is 19.4 Å². The number of amides is 1. The molecule has 0 radical (unpaired) electrons. The fourth-order valence-electron chi connectivity index (χ4n) is 2.07. The van der Waals surface area contributed by atoms with Crippen molar-refractivity contribution in [3.63, 3.8) is 0 Å². The summed E-state index contributed by atoms with van der Waals surface area (Å²) in [6.07, 6.45) is 2.28. The Morgan fingerprint density at radius 1 is 1.47 bits per heavy atom. The Morgan fingerprint density at radius 3 is 2.88 bits per heavy atom. The quantitative estimate of drug-likeness (QED) is 0.801. The van der Waals surface area contributed by atoms with Crippen LogP contribution in [0.15, 0.2) is 18.2 Å². The van der Waals surface area contributed by atoms with Crippen LogP contribution in [0.1, 0.15) is 18.4 Å². The number of carbonyl (C=O) groups is 1. The van der Waals surface area contributed by atoms with Crippen LogP contribution in [0.3, 0.4) is 0 Å². The molecule has 1 fully saturated rings. The largest absolute Gasteiger partial charge is 0.494 e. The molecule has 0 atom stereocenters. The van der Waals surface area contributed by atoms with E-state index in [1.165, 1.54) is 13.2 Å². The summed E-state index contributed by atoms with van der Waals surface area (Å²) in [5, 5.41) is 0. The molecule has 1 heterocycles. The minimum absolute atomic E-state index is 0.207. The van der Waals surface area contributed by atoms with E-state index in [4.69, 9.17) is 4.74 Å². The van der Waals surface area contributed by atoms with Gasteiger partial charge in [-0.1, -0.05) is 6.07 Å². The second kappa shape index (κ2) is 5.17. The van der Waals surface area contributed by atoms with Gasteiger partial charge in [0.15, 0.2) is 11.6 Å².